The zero-order valence-electron chi connectivity index (χ0n) is 9.88. The van der Waals surface area contributed by atoms with Crippen LogP contribution in [0.4, 0.5) is 13.2 Å². The van der Waals surface area contributed by atoms with E-state index in [1.54, 1.807) is 31.2 Å². The minimum absolute atomic E-state index is 0.104. The summed E-state index contributed by atoms with van der Waals surface area (Å²) in [6, 6.07) is 6.65. The lowest BCUT2D eigenvalue weighted by Gasteiger charge is -2.30. The first-order chi connectivity index (χ1) is 8.40. The highest BCUT2D eigenvalue weighted by Gasteiger charge is 2.55. The summed E-state index contributed by atoms with van der Waals surface area (Å²) in [6.45, 7) is 1.62. The first-order valence-electron chi connectivity index (χ1n) is 5.76. The topological polar surface area (TPSA) is 36.0 Å². The van der Waals surface area contributed by atoms with Crippen molar-refractivity contribution < 1.29 is 18.3 Å². The van der Waals surface area contributed by atoms with Crippen molar-refractivity contribution in [2.45, 2.75) is 31.5 Å². The highest BCUT2D eigenvalue weighted by atomic mass is 19.4. The van der Waals surface area contributed by atoms with Crippen molar-refractivity contribution in [2.75, 3.05) is 0 Å². The van der Waals surface area contributed by atoms with E-state index in [-0.39, 0.29) is 18.4 Å². The third-order valence-electron chi connectivity index (χ3n) is 3.12. The van der Waals surface area contributed by atoms with Crippen molar-refractivity contribution in [1.82, 2.24) is 4.98 Å². The van der Waals surface area contributed by atoms with Crippen molar-refractivity contribution >= 4 is 10.9 Å². The molecule has 1 aromatic carbocycles. The molecule has 1 unspecified atom stereocenters. The van der Waals surface area contributed by atoms with Crippen LogP contribution < -0.4 is 0 Å². The molecule has 2 aromatic rings. The van der Waals surface area contributed by atoms with Crippen molar-refractivity contribution in [2.24, 2.45) is 0 Å². The molecule has 2 N–H and O–H groups in total. The van der Waals surface area contributed by atoms with E-state index in [1.807, 2.05) is 0 Å². The number of fused-ring (bicyclic) bond motifs is 1. The van der Waals surface area contributed by atoms with Gasteiger partial charge in [0.15, 0.2) is 5.60 Å². The predicted octanol–water partition coefficient (Wildman–Crippen LogP) is 3.72. The monoisotopic (exact) mass is 257 g/mol. The molecular weight excluding hydrogens is 243 g/mol. The zero-order chi connectivity index (χ0) is 13.4. The summed E-state index contributed by atoms with van der Waals surface area (Å²) in [5.41, 5.74) is -2.31. The molecule has 0 spiro atoms. The number of rotatable bonds is 3. The molecular formula is C13H14F3NO. The second-order valence-electron chi connectivity index (χ2n) is 4.36. The Hall–Kier alpha value is -1.49. The highest BCUT2D eigenvalue weighted by molar-refractivity contribution is 5.84. The molecule has 2 nitrogen and oxygen atoms in total. The molecule has 1 heterocycles. The van der Waals surface area contributed by atoms with Crippen LogP contribution >= 0.6 is 0 Å². The molecule has 0 saturated heterocycles. The van der Waals surface area contributed by atoms with Crippen LogP contribution in [0, 0.1) is 0 Å². The van der Waals surface area contributed by atoms with Crippen LogP contribution in [0.2, 0.25) is 0 Å². The number of benzene rings is 1. The minimum atomic E-state index is -4.69. The standard InChI is InChI=1S/C13H14F3NO/c1-2-7-12(18,13(14,15)16)10-8-17-11-6-4-3-5-9(10)11/h3-6,8,17-18H,2,7H2,1H3. The summed E-state index contributed by atoms with van der Waals surface area (Å²) < 4.78 is 39.4. The predicted molar refractivity (Wildman–Crippen MR) is 63.2 cm³/mol. The maximum Gasteiger partial charge on any atom is 0.421 e. The number of halogens is 3. The average molecular weight is 257 g/mol. The third-order valence-corrected chi connectivity index (χ3v) is 3.12. The van der Waals surface area contributed by atoms with E-state index in [0.29, 0.717) is 10.9 Å². The van der Waals surface area contributed by atoms with E-state index in [4.69, 9.17) is 0 Å². The average Bonchev–Trinajstić information content (AvgIpc) is 2.71. The fourth-order valence-electron chi connectivity index (χ4n) is 2.20. The van der Waals surface area contributed by atoms with Crippen LogP contribution in [0.3, 0.4) is 0 Å². The van der Waals surface area contributed by atoms with E-state index in [0.717, 1.165) is 0 Å². The van der Waals surface area contributed by atoms with Gasteiger partial charge in [0.25, 0.3) is 0 Å². The number of H-pyrrole nitrogens is 1. The first-order valence-corrected chi connectivity index (χ1v) is 5.76. The van der Waals surface area contributed by atoms with Crippen LogP contribution in [0.15, 0.2) is 30.5 Å². The molecule has 0 aliphatic rings. The van der Waals surface area contributed by atoms with E-state index >= 15 is 0 Å². The van der Waals surface area contributed by atoms with Crippen LogP contribution in [-0.4, -0.2) is 16.3 Å². The quantitative estimate of drug-likeness (QED) is 0.863. The molecule has 1 atom stereocenters. The first kappa shape index (κ1) is 13.0. The Morgan fingerprint density at radius 1 is 1.22 bits per heavy atom. The van der Waals surface area contributed by atoms with Gasteiger partial charge < -0.3 is 10.1 Å². The Labute approximate surface area is 102 Å². The number of para-hydroxylation sites is 1. The SMILES string of the molecule is CCCC(O)(c1c[nH]c2ccccc12)C(F)(F)F. The van der Waals surface area contributed by atoms with Gasteiger partial charge in [0.2, 0.25) is 0 Å². The molecule has 2 rings (SSSR count). The molecule has 0 amide bonds. The summed E-state index contributed by atoms with van der Waals surface area (Å²) >= 11 is 0. The number of hydrogen-bond acceptors (Lipinski definition) is 1. The van der Waals surface area contributed by atoms with Crippen LogP contribution in [0.1, 0.15) is 25.3 Å². The van der Waals surface area contributed by atoms with Gasteiger partial charge in [0.05, 0.1) is 0 Å². The van der Waals surface area contributed by atoms with Gasteiger partial charge in [-0.15, -0.1) is 0 Å². The zero-order valence-corrected chi connectivity index (χ0v) is 9.88. The lowest BCUT2D eigenvalue weighted by Crippen LogP contribution is -2.42. The number of aliphatic hydroxyl groups is 1. The molecule has 1 aromatic heterocycles. The maximum atomic E-state index is 13.1. The van der Waals surface area contributed by atoms with Crippen LogP contribution in [-0.2, 0) is 5.60 Å². The van der Waals surface area contributed by atoms with Crippen LogP contribution in [0.5, 0.6) is 0 Å². The Morgan fingerprint density at radius 2 is 1.89 bits per heavy atom. The van der Waals surface area contributed by atoms with Crippen molar-refractivity contribution in [1.29, 1.82) is 0 Å². The molecule has 0 aliphatic carbocycles. The number of alkyl halides is 3. The summed E-state index contributed by atoms with van der Waals surface area (Å²) in [6.07, 6.45) is -3.55. The Bertz CT molecular complexity index is 546. The molecule has 0 fully saturated rings. The van der Waals surface area contributed by atoms with Crippen molar-refractivity contribution in [3.05, 3.63) is 36.0 Å². The van der Waals surface area contributed by atoms with Gasteiger partial charge >= 0.3 is 6.18 Å². The Morgan fingerprint density at radius 3 is 2.50 bits per heavy atom. The normalized spacial score (nSPS) is 15.8. The third kappa shape index (κ3) is 1.88. The van der Waals surface area contributed by atoms with E-state index in [2.05, 4.69) is 4.98 Å². The lowest BCUT2D eigenvalue weighted by molar-refractivity contribution is -0.268. The fourth-order valence-corrected chi connectivity index (χ4v) is 2.20. The molecule has 5 heteroatoms. The van der Waals surface area contributed by atoms with Gasteiger partial charge in [-0.3, -0.25) is 0 Å². The minimum Gasteiger partial charge on any atom is -0.376 e. The largest absolute Gasteiger partial charge is 0.421 e. The Kier molecular flexibility index (Phi) is 3.11. The van der Waals surface area contributed by atoms with E-state index < -0.39 is 11.8 Å². The number of aromatic nitrogens is 1. The van der Waals surface area contributed by atoms with Gasteiger partial charge in [-0.05, 0) is 12.5 Å². The van der Waals surface area contributed by atoms with Gasteiger partial charge in [0.1, 0.15) is 0 Å². The molecule has 18 heavy (non-hydrogen) atoms. The number of aromatic amines is 1. The summed E-state index contributed by atoms with van der Waals surface area (Å²) in [5, 5.41) is 10.5. The lowest BCUT2D eigenvalue weighted by atomic mass is 9.88. The summed E-state index contributed by atoms with van der Waals surface area (Å²) in [7, 11) is 0. The molecule has 98 valence electrons. The smallest absolute Gasteiger partial charge is 0.376 e. The van der Waals surface area contributed by atoms with Gasteiger partial charge in [0, 0.05) is 22.7 Å². The van der Waals surface area contributed by atoms with Gasteiger partial charge in [-0.1, -0.05) is 31.5 Å². The molecule has 0 radical (unpaired) electrons. The van der Waals surface area contributed by atoms with E-state index in [1.165, 1.54) is 6.20 Å². The Balaban J connectivity index is 2.62. The van der Waals surface area contributed by atoms with Crippen LogP contribution in [0.25, 0.3) is 10.9 Å². The number of nitrogens with one attached hydrogen (secondary N) is 1. The molecule has 0 saturated carbocycles. The molecule has 0 aliphatic heterocycles. The summed E-state index contributed by atoms with van der Waals surface area (Å²) in [5.74, 6) is 0. The second kappa shape index (κ2) is 4.31. The fraction of sp³-hybridized carbons (Fsp3) is 0.385. The highest BCUT2D eigenvalue weighted by Crippen LogP contribution is 2.44. The van der Waals surface area contributed by atoms with E-state index in [9.17, 15) is 18.3 Å². The number of hydrogen-bond donors (Lipinski definition) is 2. The summed E-state index contributed by atoms with van der Waals surface area (Å²) in [4.78, 5) is 2.76. The second-order valence-corrected chi connectivity index (χ2v) is 4.36. The maximum absolute atomic E-state index is 13.1. The van der Waals surface area contributed by atoms with Gasteiger partial charge in [-0.2, -0.15) is 13.2 Å². The van der Waals surface area contributed by atoms with Crippen molar-refractivity contribution in [3.8, 4) is 0 Å². The molecule has 0 bridgehead atoms. The van der Waals surface area contributed by atoms with Gasteiger partial charge in [-0.25, -0.2) is 0 Å². The van der Waals surface area contributed by atoms with Crippen molar-refractivity contribution in [3.63, 3.8) is 0 Å².